The molecule has 0 atom stereocenters. The van der Waals surface area contributed by atoms with Gasteiger partial charge in [-0.1, -0.05) is 95.4 Å². The first-order chi connectivity index (χ1) is 14.0. The molecule has 4 rings (SSSR count). The van der Waals surface area contributed by atoms with Crippen LogP contribution in [0.5, 0.6) is 11.5 Å². The van der Waals surface area contributed by atoms with Crippen molar-refractivity contribution in [2.45, 2.75) is 63.7 Å². The first-order valence-corrected chi connectivity index (χ1v) is 9.75. The smallest absolute Gasteiger partial charge is 0.395 e. The molecule has 0 bridgehead atoms. The van der Waals surface area contributed by atoms with Gasteiger partial charge in [0.05, 0.1) is 10.0 Å². The van der Waals surface area contributed by atoms with E-state index in [1.54, 1.807) is 51.1 Å². The van der Waals surface area contributed by atoms with Crippen molar-refractivity contribution in [1.29, 1.82) is 0 Å². The second kappa shape index (κ2) is 15.5. The van der Waals surface area contributed by atoms with E-state index in [-0.39, 0.29) is 47.0 Å². The number of halogens is 5. The number of fused-ring (bicyclic) bond motifs is 1. The third-order valence-corrected chi connectivity index (χ3v) is 5.07. The summed E-state index contributed by atoms with van der Waals surface area (Å²) in [5, 5.41) is 1.27. The molecule has 1 heterocycles. The summed E-state index contributed by atoms with van der Waals surface area (Å²) in [6.45, 7) is 7.14. The highest BCUT2D eigenvalue weighted by molar-refractivity contribution is 6.42. The molecule has 3 aromatic rings. The molecule has 7 heteroatoms. The topological polar surface area (TPSA) is 18.5 Å². The minimum Gasteiger partial charge on any atom is -0.395 e. The monoisotopic (exact) mass is 520 g/mol. The molecule has 0 amide bonds. The van der Waals surface area contributed by atoms with E-state index < -0.39 is 6.29 Å². The molecule has 0 aromatic heterocycles. The molecule has 3 aromatic carbocycles. The summed E-state index contributed by atoms with van der Waals surface area (Å²) >= 11 is 11.4. The van der Waals surface area contributed by atoms with Gasteiger partial charge in [0.1, 0.15) is 5.82 Å². The normalized spacial score (nSPS) is 11.4. The van der Waals surface area contributed by atoms with Gasteiger partial charge in [-0.25, -0.2) is 4.39 Å². The fourth-order valence-electron chi connectivity index (χ4n) is 2.51. The summed E-state index contributed by atoms with van der Waals surface area (Å²) < 4.78 is 46.2. The third-order valence-electron chi connectivity index (χ3n) is 4.15. The Labute approximate surface area is 213 Å². The zero-order valence-electron chi connectivity index (χ0n) is 16.9. The molecular weight excluding hydrogens is 484 g/mol. The molecule has 0 saturated heterocycles. The largest absolute Gasteiger partial charge is 0.586 e. The predicted molar refractivity (Wildman–Crippen MR) is 141 cm³/mol. The van der Waals surface area contributed by atoms with Crippen LogP contribution in [0, 0.1) is 33.5 Å². The zero-order valence-corrected chi connectivity index (χ0v) is 18.4. The van der Waals surface area contributed by atoms with Crippen molar-refractivity contribution in [2.75, 3.05) is 0 Å². The molecule has 0 aliphatic carbocycles. The third kappa shape index (κ3) is 9.86. The van der Waals surface area contributed by atoms with Gasteiger partial charge < -0.3 is 9.47 Å². The molecular formula is C27H37Cl2F3O2. The second-order valence-corrected chi connectivity index (χ2v) is 7.43. The van der Waals surface area contributed by atoms with Crippen molar-refractivity contribution >= 4 is 23.2 Å². The fourth-order valence-corrected chi connectivity index (χ4v) is 2.86. The first-order valence-electron chi connectivity index (χ1n) is 8.99. The minimum atomic E-state index is -3.51. The Balaban J connectivity index is -0.000000406. The molecule has 192 valence electrons. The summed E-state index contributed by atoms with van der Waals surface area (Å²) in [5.41, 5.74) is 3.10. The maximum absolute atomic E-state index is 12.7. The van der Waals surface area contributed by atoms with Crippen molar-refractivity contribution in [1.82, 2.24) is 0 Å². The Hall–Kier alpha value is -2.37. The summed E-state index contributed by atoms with van der Waals surface area (Å²) in [5.74, 6) is 0.139. The summed E-state index contributed by atoms with van der Waals surface area (Å²) in [6, 6.07) is 15.7. The molecule has 0 radical (unpaired) electrons. The maximum atomic E-state index is 12.7. The van der Waals surface area contributed by atoms with E-state index in [1.807, 2.05) is 25.1 Å². The van der Waals surface area contributed by atoms with Gasteiger partial charge in [0.15, 0.2) is 11.5 Å². The standard InChI is InChI=1S/C8H6F2O2.C8H9F.C7H6Cl2.4CH4/c1-5-3-2-4-6-7(5)12-8(9,10)11-6;1-6-4-3-5-7(2)8(6)9;1-5-3-2-4-6(8)7(5)9;;;;/h2-4H,1H3;3-5H,1-2H3;2-4H,1H3;4*1H4. The van der Waals surface area contributed by atoms with Crippen molar-refractivity contribution in [2.24, 2.45) is 0 Å². The Morgan fingerprint density at radius 2 is 1.09 bits per heavy atom. The van der Waals surface area contributed by atoms with Gasteiger partial charge in [0.25, 0.3) is 0 Å². The number of rotatable bonds is 0. The Bertz CT molecular complexity index is 935. The van der Waals surface area contributed by atoms with Crippen LogP contribution in [0.25, 0.3) is 0 Å². The Kier molecular flexibility index (Phi) is 16.5. The van der Waals surface area contributed by atoms with Gasteiger partial charge >= 0.3 is 6.29 Å². The second-order valence-electron chi connectivity index (χ2n) is 6.65. The van der Waals surface area contributed by atoms with E-state index in [0.29, 0.717) is 15.6 Å². The van der Waals surface area contributed by atoms with Gasteiger partial charge in [-0.05, 0) is 62.1 Å². The molecule has 0 fully saturated rings. The Morgan fingerprint density at radius 1 is 0.647 bits per heavy atom. The van der Waals surface area contributed by atoms with Crippen LogP contribution in [0.2, 0.25) is 10.0 Å². The van der Waals surface area contributed by atoms with Gasteiger partial charge in [-0.2, -0.15) is 0 Å². The zero-order chi connectivity index (χ0) is 22.5. The van der Waals surface area contributed by atoms with Crippen molar-refractivity contribution in [3.8, 4) is 11.5 Å². The number of aryl methyl sites for hydroxylation is 4. The van der Waals surface area contributed by atoms with Crippen LogP contribution in [-0.4, -0.2) is 6.29 Å². The molecule has 0 N–H and O–H groups in total. The highest BCUT2D eigenvalue weighted by Gasteiger charge is 2.43. The molecule has 0 unspecified atom stereocenters. The van der Waals surface area contributed by atoms with Gasteiger partial charge in [-0.15, -0.1) is 8.78 Å². The van der Waals surface area contributed by atoms with Crippen molar-refractivity contribution < 1.29 is 22.6 Å². The molecule has 0 spiro atoms. The maximum Gasteiger partial charge on any atom is 0.586 e. The molecule has 2 nitrogen and oxygen atoms in total. The van der Waals surface area contributed by atoms with Gasteiger partial charge in [0.2, 0.25) is 0 Å². The van der Waals surface area contributed by atoms with E-state index in [9.17, 15) is 13.2 Å². The summed E-state index contributed by atoms with van der Waals surface area (Å²) in [7, 11) is 0. The van der Waals surface area contributed by atoms with Crippen LogP contribution in [0.3, 0.4) is 0 Å². The number of benzene rings is 3. The van der Waals surface area contributed by atoms with E-state index in [4.69, 9.17) is 23.2 Å². The fraction of sp³-hybridized carbons (Fsp3) is 0.333. The quantitative estimate of drug-likeness (QED) is 0.293. The van der Waals surface area contributed by atoms with E-state index in [1.165, 1.54) is 6.07 Å². The minimum absolute atomic E-state index is 0. The Morgan fingerprint density at radius 3 is 1.53 bits per heavy atom. The average Bonchev–Trinajstić information content (AvgIpc) is 3.01. The number of para-hydroxylation sites is 1. The lowest BCUT2D eigenvalue weighted by Crippen LogP contribution is -2.26. The molecule has 1 aliphatic rings. The first kappa shape index (κ1) is 36.2. The SMILES string of the molecule is C.C.C.C.Cc1cccc(C)c1F.Cc1cccc(Cl)c1Cl.Cc1cccc2c1OC(F)(F)O2. The van der Waals surface area contributed by atoms with Crippen LogP contribution >= 0.6 is 23.2 Å². The number of ether oxygens (including phenoxy) is 2. The predicted octanol–water partition coefficient (Wildman–Crippen LogP) is 10.6. The molecule has 0 saturated carbocycles. The molecule has 1 aliphatic heterocycles. The molecule has 34 heavy (non-hydrogen) atoms. The number of hydrogen-bond acceptors (Lipinski definition) is 2. The van der Waals surface area contributed by atoms with E-state index >= 15 is 0 Å². The number of hydrogen-bond donors (Lipinski definition) is 0. The van der Waals surface area contributed by atoms with Crippen molar-refractivity contribution in [3.05, 3.63) is 92.7 Å². The van der Waals surface area contributed by atoms with Crippen LogP contribution in [0.15, 0.2) is 54.6 Å². The summed E-state index contributed by atoms with van der Waals surface area (Å²) in [4.78, 5) is 0. The highest BCUT2D eigenvalue weighted by Crippen LogP contribution is 2.42. The van der Waals surface area contributed by atoms with Gasteiger partial charge in [-0.3, -0.25) is 0 Å². The van der Waals surface area contributed by atoms with E-state index in [0.717, 1.165) is 16.7 Å². The van der Waals surface area contributed by atoms with Crippen LogP contribution < -0.4 is 9.47 Å². The van der Waals surface area contributed by atoms with Gasteiger partial charge in [0, 0.05) is 0 Å². The lowest BCUT2D eigenvalue weighted by atomic mass is 10.1. The van der Waals surface area contributed by atoms with Crippen molar-refractivity contribution in [3.63, 3.8) is 0 Å². The van der Waals surface area contributed by atoms with Crippen LogP contribution in [0.4, 0.5) is 13.2 Å². The lowest BCUT2D eigenvalue weighted by molar-refractivity contribution is -0.286. The van der Waals surface area contributed by atoms with Crippen LogP contribution in [0.1, 0.15) is 52.0 Å². The van der Waals surface area contributed by atoms with E-state index in [2.05, 4.69) is 9.47 Å². The highest BCUT2D eigenvalue weighted by atomic mass is 35.5. The number of alkyl halides is 2. The summed E-state index contributed by atoms with van der Waals surface area (Å²) in [6.07, 6.45) is -3.51. The van der Waals surface area contributed by atoms with Crippen LogP contribution in [-0.2, 0) is 0 Å². The lowest BCUT2D eigenvalue weighted by Gasteiger charge is -2.04. The average molecular weight is 521 g/mol.